The second kappa shape index (κ2) is 5.53. The van der Waals surface area contributed by atoms with E-state index in [0.717, 1.165) is 19.3 Å². The van der Waals surface area contributed by atoms with Crippen molar-refractivity contribution in [2.75, 3.05) is 7.11 Å². The molecular formula is C11H18N2O2. The first kappa shape index (κ1) is 11.8. The molecule has 0 aliphatic rings. The highest BCUT2D eigenvalue weighted by atomic mass is 16.5. The van der Waals surface area contributed by atoms with E-state index in [1.807, 2.05) is 0 Å². The first-order valence-corrected chi connectivity index (χ1v) is 5.31. The maximum atomic E-state index is 11.7. The van der Waals surface area contributed by atoms with Crippen LogP contribution < -0.4 is 10.3 Å². The van der Waals surface area contributed by atoms with Gasteiger partial charge in [0.25, 0.3) is 11.6 Å². The van der Waals surface area contributed by atoms with Crippen LogP contribution in [0.5, 0.6) is 6.01 Å². The lowest BCUT2D eigenvalue weighted by molar-refractivity contribution is 0.341. The molecule has 0 fully saturated rings. The molecule has 4 nitrogen and oxygen atoms in total. The molecule has 0 spiro atoms. The average Bonchev–Trinajstić information content (AvgIpc) is 2.20. The maximum Gasteiger partial charge on any atom is 0.299 e. The molecule has 4 heteroatoms. The molecule has 1 aromatic rings. The third kappa shape index (κ3) is 3.08. The van der Waals surface area contributed by atoms with E-state index in [4.69, 9.17) is 4.74 Å². The van der Waals surface area contributed by atoms with Gasteiger partial charge in [-0.15, -0.1) is 0 Å². The summed E-state index contributed by atoms with van der Waals surface area (Å²) in [5, 5.41) is 0. The number of aryl methyl sites for hydroxylation is 1. The molecule has 1 heterocycles. The molecular weight excluding hydrogens is 192 g/mol. The van der Waals surface area contributed by atoms with Crippen LogP contribution in [0.3, 0.4) is 0 Å². The molecule has 0 amide bonds. The largest absolute Gasteiger partial charge is 0.468 e. The van der Waals surface area contributed by atoms with E-state index < -0.39 is 0 Å². The lowest BCUT2D eigenvalue weighted by Gasteiger charge is -2.10. The summed E-state index contributed by atoms with van der Waals surface area (Å²) >= 11 is 0. The minimum absolute atomic E-state index is 0.0320. The highest BCUT2D eigenvalue weighted by Gasteiger charge is 2.06. The van der Waals surface area contributed by atoms with Crippen molar-refractivity contribution < 1.29 is 4.74 Å². The zero-order chi connectivity index (χ0) is 11.3. The Balaban J connectivity index is 2.89. The van der Waals surface area contributed by atoms with E-state index >= 15 is 0 Å². The van der Waals surface area contributed by atoms with E-state index in [1.165, 1.54) is 13.2 Å². The molecule has 1 rings (SSSR count). The second-order valence-corrected chi connectivity index (χ2v) is 3.58. The van der Waals surface area contributed by atoms with Gasteiger partial charge in [-0.05, 0) is 13.3 Å². The van der Waals surface area contributed by atoms with Gasteiger partial charge in [0, 0.05) is 18.3 Å². The Morgan fingerprint density at radius 2 is 2.20 bits per heavy atom. The molecule has 0 aliphatic heterocycles. The Labute approximate surface area is 89.9 Å². The van der Waals surface area contributed by atoms with Crippen molar-refractivity contribution >= 4 is 0 Å². The van der Waals surface area contributed by atoms with Crippen LogP contribution in [-0.4, -0.2) is 16.7 Å². The first-order valence-electron chi connectivity index (χ1n) is 5.31. The number of aromatic nitrogens is 2. The van der Waals surface area contributed by atoms with E-state index in [2.05, 4.69) is 11.9 Å². The number of hydrogen-bond acceptors (Lipinski definition) is 3. The summed E-state index contributed by atoms with van der Waals surface area (Å²) < 4.78 is 6.68. The predicted octanol–water partition coefficient (Wildman–Crippen LogP) is 1.75. The fourth-order valence-electron chi connectivity index (χ4n) is 1.48. The van der Waals surface area contributed by atoms with Crippen molar-refractivity contribution in [3.05, 3.63) is 22.1 Å². The van der Waals surface area contributed by atoms with E-state index in [1.54, 1.807) is 11.5 Å². The van der Waals surface area contributed by atoms with Crippen LogP contribution in [0.1, 0.15) is 31.9 Å². The van der Waals surface area contributed by atoms with Crippen LogP contribution in [0, 0.1) is 6.92 Å². The van der Waals surface area contributed by atoms with Crippen molar-refractivity contribution in [3.63, 3.8) is 0 Å². The number of nitrogens with zero attached hydrogens (tertiary/aromatic N) is 2. The summed E-state index contributed by atoms with van der Waals surface area (Å²) in [6.45, 7) is 4.61. The number of hydrogen-bond donors (Lipinski definition) is 0. The summed E-state index contributed by atoms with van der Waals surface area (Å²) in [4.78, 5) is 15.8. The van der Waals surface area contributed by atoms with Crippen LogP contribution in [0.25, 0.3) is 0 Å². The van der Waals surface area contributed by atoms with Crippen molar-refractivity contribution in [3.8, 4) is 6.01 Å². The lowest BCUT2D eigenvalue weighted by atomic mass is 10.2. The Morgan fingerprint density at radius 1 is 1.47 bits per heavy atom. The zero-order valence-corrected chi connectivity index (χ0v) is 9.62. The van der Waals surface area contributed by atoms with Gasteiger partial charge in [-0.2, -0.15) is 0 Å². The number of unbranched alkanes of at least 4 members (excludes halogenated alkanes) is 2. The number of methoxy groups -OCH3 is 1. The number of ether oxygens (including phenoxy) is 1. The minimum Gasteiger partial charge on any atom is -0.468 e. The third-order valence-electron chi connectivity index (χ3n) is 2.27. The smallest absolute Gasteiger partial charge is 0.299 e. The second-order valence-electron chi connectivity index (χ2n) is 3.58. The molecule has 0 aliphatic carbocycles. The topological polar surface area (TPSA) is 44.1 Å². The Bertz CT molecular complexity index is 371. The predicted molar refractivity (Wildman–Crippen MR) is 59.3 cm³/mol. The van der Waals surface area contributed by atoms with Crippen LogP contribution in [0.2, 0.25) is 0 Å². The maximum absolute atomic E-state index is 11.7. The molecule has 0 saturated carbocycles. The fourth-order valence-corrected chi connectivity index (χ4v) is 1.48. The standard InChI is InChI=1S/C11H18N2O2/c1-4-5-6-7-13-10(14)8-9(2)12-11(13)15-3/h8H,4-7H2,1-3H3. The molecule has 0 unspecified atom stereocenters. The molecule has 0 bridgehead atoms. The van der Waals surface area contributed by atoms with Crippen LogP contribution in [0.15, 0.2) is 10.9 Å². The van der Waals surface area contributed by atoms with Gasteiger partial charge < -0.3 is 4.74 Å². The van der Waals surface area contributed by atoms with Gasteiger partial charge in [0.1, 0.15) is 0 Å². The highest BCUT2D eigenvalue weighted by Crippen LogP contribution is 2.06. The van der Waals surface area contributed by atoms with E-state index in [0.29, 0.717) is 18.2 Å². The van der Waals surface area contributed by atoms with Crippen molar-refractivity contribution in [1.82, 2.24) is 9.55 Å². The van der Waals surface area contributed by atoms with Crippen molar-refractivity contribution in [1.29, 1.82) is 0 Å². The monoisotopic (exact) mass is 210 g/mol. The molecule has 0 radical (unpaired) electrons. The molecule has 15 heavy (non-hydrogen) atoms. The normalized spacial score (nSPS) is 10.3. The van der Waals surface area contributed by atoms with Crippen LogP contribution >= 0.6 is 0 Å². The molecule has 1 aromatic heterocycles. The van der Waals surface area contributed by atoms with Gasteiger partial charge in [0.2, 0.25) is 0 Å². The van der Waals surface area contributed by atoms with Gasteiger partial charge in [-0.1, -0.05) is 19.8 Å². The van der Waals surface area contributed by atoms with Gasteiger partial charge >= 0.3 is 0 Å². The van der Waals surface area contributed by atoms with Crippen molar-refractivity contribution in [2.24, 2.45) is 0 Å². The quantitative estimate of drug-likeness (QED) is 0.695. The third-order valence-corrected chi connectivity index (χ3v) is 2.27. The highest BCUT2D eigenvalue weighted by molar-refractivity contribution is 5.06. The first-order chi connectivity index (χ1) is 7.19. The van der Waals surface area contributed by atoms with Gasteiger partial charge in [0.15, 0.2) is 0 Å². The summed E-state index contributed by atoms with van der Waals surface area (Å²) in [6.07, 6.45) is 3.23. The van der Waals surface area contributed by atoms with Gasteiger partial charge in [0.05, 0.1) is 7.11 Å². The van der Waals surface area contributed by atoms with Gasteiger partial charge in [-0.25, -0.2) is 4.98 Å². The van der Waals surface area contributed by atoms with Gasteiger partial charge in [-0.3, -0.25) is 9.36 Å². The van der Waals surface area contributed by atoms with E-state index in [-0.39, 0.29) is 5.56 Å². The van der Waals surface area contributed by atoms with Crippen molar-refractivity contribution in [2.45, 2.75) is 39.7 Å². The minimum atomic E-state index is -0.0320. The van der Waals surface area contributed by atoms with Crippen LogP contribution in [-0.2, 0) is 6.54 Å². The fraction of sp³-hybridized carbons (Fsp3) is 0.636. The molecule has 0 atom stereocenters. The molecule has 84 valence electrons. The zero-order valence-electron chi connectivity index (χ0n) is 9.62. The summed E-state index contributed by atoms with van der Waals surface area (Å²) in [6, 6.07) is 1.95. The summed E-state index contributed by atoms with van der Waals surface area (Å²) in [5.41, 5.74) is 0.666. The molecule has 0 aromatic carbocycles. The summed E-state index contributed by atoms with van der Waals surface area (Å²) in [5.74, 6) is 0. The van der Waals surface area contributed by atoms with E-state index in [9.17, 15) is 4.79 Å². The van der Waals surface area contributed by atoms with Crippen LogP contribution in [0.4, 0.5) is 0 Å². The average molecular weight is 210 g/mol. The summed E-state index contributed by atoms with van der Waals surface area (Å²) in [7, 11) is 1.54. The molecule has 0 N–H and O–H groups in total. The molecule has 0 saturated heterocycles. The Hall–Kier alpha value is -1.32. The number of rotatable bonds is 5. The Morgan fingerprint density at radius 3 is 2.80 bits per heavy atom. The SMILES string of the molecule is CCCCCn1c(OC)nc(C)cc1=O. The lowest BCUT2D eigenvalue weighted by Crippen LogP contribution is -2.22. The Kier molecular flexibility index (Phi) is 4.34.